The van der Waals surface area contributed by atoms with Gasteiger partial charge in [0.05, 0.1) is 10.5 Å². The standard InChI is InChI=1S/C11H12ClN3O5/c1-3-11(2,10(17)18)14-9(16)7-4-6(15(19)20)5-13-8(7)12/h4-5H,3H2,1-2H3,(H,14,16)(H,17,18). The Bertz CT molecular complexity index is 577. The number of amides is 1. The monoisotopic (exact) mass is 301 g/mol. The maximum absolute atomic E-state index is 12.0. The van der Waals surface area contributed by atoms with E-state index in [-0.39, 0.29) is 17.1 Å². The molecule has 1 heterocycles. The van der Waals surface area contributed by atoms with Crippen molar-refractivity contribution in [3.63, 3.8) is 0 Å². The molecule has 1 rings (SSSR count). The van der Waals surface area contributed by atoms with Crippen LogP contribution < -0.4 is 5.32 Å². The highest BCUT2D eigenvalue weighted by molar-refractivity contribution is 6.32. The molecule has 2 N–H and O–H groups in total. The van der Waals surface area contributed by atoms with Crippen molar-refractivity contribution < 1.29 is 19.6 Å². The van der Waals surface area contributed by atoms with Crippen molar-refractivity contribution in [2.45, 2.75) is 25.8 Å². The van der Waals surface area contributed by atoms with E-state index in [1.807, 2.05) is 0 Å². The van der Waals surface area contributed by atoms with Crippen LogP contribution in [0.3, 0.4) is 0 Å². The molecule has 0 saturated carbocycles. The van der Waals surface area contributed by atoms with Gasteiger partial charge in [0.15, 0.2) is 0 Å². The van der Waals surface area contributed by atoms with Gasteiger partial charge in [0, 0.05) is 6.07 Å². The third kappa shape index (κ3) is 3.21. The summed E-state index contributed by atoms with van der Waals surface area (Å²) in [7, 11) is 0. The summed E-state index contributed by atoms with van der Waals surface area (Å²) in [5, 5.41) is 21.7. The quantitative estimate of drug-likeness (QED) is 0.484. The van der Waals surface area contributed by atoms with E-state index in [1.165, 1.54) is 6.92 Å². The molecule has 0 saturated heterocycles. The van der Waals surface area contributed by atoms with Crippen LogP contribution in [0.4, 0.5) is 5.69 Å². The maximum Gasteiger partial charge on any atom is 0.329 e. The molecule has 0 bridgehead atoms. The van der Waals surface area contributed by atoms with Gasteiger partial charge in [0.2, 0.25) is 0 Å². The summed E-state index contributed by atoms with van der Waals surface area (Å²) < 4.78 is 0. The Hall–Kier alpha value is -2.22. The zero-order valence-corrected chi connectivity index (χ0v) is 11.5. The van der Waals surface area contributed by atoms with Gasteiger partial charge in [-0.25, -0.2) is 9.78 Å². The van der Waals surface area contributed by atoms with Gasteiger partial charge in [-0.05, 0) is 13.3 Å². The highest BCUT2D eigenvalue weighted by Gasteiger charge is 2.34. The van der Waals surface area contributed by atoms with E-state index in [1.54, 1.807) is 6.92 Å². The van der Waals surface area contributed by atoms with Gasteiger partial charge in [-0.2, -0.15) is 0 Å². The molecule has 1 amide bonds. The van der Waals surface area contributed by atoms with Gasteiger partial charge < -0.3 is 10.4 Å². The van der Waals surface area contributed by atoms with Gasteiger partial charge in [0.25, 0.3) is 11.6 Å². The van der Waals surface area contributed by atoms with E-state index in [9.17, 15) is 19.7 Å². The molecule has 9 heteroatoms. The first kappa shape index (κ1) is 15.8. The van der Waals surface area contributed by atoms with E-state index in [2.05, 4.69) is 10.3 Å². The van der Waals surface area contributed by atoms with Gasteiger partial charge in [-0.15, -0.1) is 0 Å². The molecule has 20 heavy (non-hydrogen) atoms. The summed E-state index contributed by atoms with van der Waals surface area (Å²) in [4.78, 5) is 36.6. The number of aliphatic carboxylic acids is 1. The van der Waals surface area contributed by atoms with Crippen molar-refractivity contribution in [1.82, 2.24) is 10.3 Å². The fourth-order valence-electron chi connectivity index (χ4n) is 1.31. The van der Waals surface area contributed by atoms with Crippen molar-refractivity contribution in [2.75, 3.05) is 0 Å². The molecular formula is C11H12ClN3O5. The van der Waals surface area contributed by atoms with Crippen molar-refractivity contribution in [1.29, 1.82) is 0 Å². The molecular weight excluding hydrogens is 290 g/mol. The molecule has 1 aromatic heterocycles. The fourth-order valence-corrected chi connectivity index (χ4v) is 1.50. The average Bonchev–Trinajstić information content (AvgIpc) is 2.38. The number of pyridine rings is 1. The molecule has 108 valence electrons. The van der Waals surface area contributed by atoms with Crippen LogP contribution in [0.25, 0.3) is 0 Å². The first-order valence-electron chi connectivity index (χ1n) is 5.57. The Balaban J connectivity index is 3.12. The number of carbonyl (C=O) groups is 2. The summed E-state index contributed by atoms with van der Waals surface area (Å²) >= 11 is 5.71. The Morgan fingerprint density at radius 1 is 1.60 bits per heavy atom. The minimum atomic E-state index is -1.50. The van der Waals surface area contributed by atoms with Crippen LogP contribution in [0.15, 0.2) is 12.3 Å². The van der Waals surface area contributed by atoms with E-state index in [0.29, 0.717) is 0 Å². The Labute approximate surface area is 118 Å². The molecule has 0 fully saturated rings. The predicted molar refractivity (Wildman–Crippen MR) is 69.7 cm³/mol. The number of carboxylic acids is 1. The molecule has 1 atom stereocenters. The predicted octanol–water partition coefficient (Wildman–Crippen LogP) is 1.63. The fraction of sp³-hybridized carbons (Fsp3) is 0.364. The second kappa shape index (κ2) is 5.83. The van der Waals surface area contributed by atoms with Crippen molar-refractivity contribution in [2.24, 2.45) is 0 Å². The van der Waals surface area contributed by atoms with Crippen LogP contribution >= 0.6 is 11.6 Å². The van der Waals surface area contributed by atoms with E-state index in [4.69, 9.17) is 16.7 Å². The van der Waals surface area contributed by atoms with Crippen LogP contribution in [0.2, 0.25) is 5.15 Å². The van der Waals surface area contributed by atoms with Crippen molar-refractivity contribution in [3.05, 3.63) is 33.1 Å². The number of nitro groups is 1. The summed E-state index contributed by atoms with van der Waals surface area (Å²) in [5.74, 6) is -2.05. The minimum Gasteiger partial charge on any atom is -0.480 e. The normalized spacial score (nSPS) is 13.3. The lowest BCUT2D eigenvalue weighted by atomic mass is 9.98. The number of aromatic nitrogens is 1. The second-order valence-corrected chi connectivity index (χ2v) is 4.59. The highest BCUT2D eigenvalue weighted by atomic mass is 35.5. The highest BCUT2D eigenvalue weighted by Crippen LogP contribution is 2.20. The zero-order valence-electron chi connectivity index (χ0n) is 10.7. The smallest absolute Gasteiger partial charge is 0.329 e. The molecule has 0 aliphatic carbocycles. The number of carbonyl (C=O) groups excluding carboxylic acids is 1. The van der Waals surface area contributed by atoms with E-state index in [0.717, 1.165) is 12.3 Å². The lowest BCUT2D eigenvalue weighted by Gasteiger charge is -2.24. The SMILES string of the molecule is CCC(C)(NC(=O)c1cc([N+](=O)[O-])cnc1Cl)C(=O)O. The summed E-state index contributed by atoms with van der Waals surface area (Å²) in [6.07, 6.45) is 1.05. The van der Waals surface area contributed by atoms with Crippen LogP contribution in [0.5, 0.6) is 0 Å². The number of hydrogen-bond acceptors (Lipinski definition) is 5. The molecule has 1 aromatic rings. The molecule has 0 aliphatic rings. The lowest BCUT2D eigenvalue weighted by molar-refractivity contribution is -0.385. The van der Waals surface area contributed by atoms with E-state index < -0.39 is 28.0 Å². The Kier molecular flexibility index (Phi) is 4.61. The third-order valence-electron chi connectivity index (χ3n) is 2.85. The number of halogens is 1. The minimum absolute atomic E-state index is 0.133. The summed E-state index contributed by atoms with van der Waals surface area (Å²) in [6.45, 7) is 2.91. The molecule has 1 unspecified atom stereocenters. The summed E-state index contributed by atoms with van der Waals surface area (Å²) in [6, 6.07) is 0.947. The average molecular weight is 302 g/mol. The molecule has 8 nitrogen and oxygen atoms in total. The summed E-state index contributed by atoms with van der Waals surface area (Å²) in [5.41, 5.74) is -2.15. The van der Waals surface area contributed by atoms with Crippen LogP contribution in [-0.2, 0) is 4.79 Å². The molecule has 0 aliphatic heterocycles. The number of nitrogens with one attached hydrogen (secondary N) is 1. The largest absolute Gasteiger partial charge is 0.480 e. The maximum atomic E-state index is 12.0. The lowest BCUT2D eigenvalue weighted by Crippen LogP contribution is -2.51. The van der Waals surface area contributed by atoms with Crippen LogP contribution in [-0.4, -0.2) is 32.4 Å². The first-order valence-corrected chi connectivity index (χ1v) is 5.95. The van der Waals surface area contributed by atoms with E-state index >= 15 is 0 Å². The third-order valence-corrected chi connectivity index (χ3v) is 3.15. The first-order chi connectivity index (χ1) is 9.21. The molecule has 0 aromatic carbocycles. The zero-order chi connectivity index (χ0) is 15.5. The number of hydrogen-bond donors (Lipinski definition) is 2. The van der Waals surface area contributed by atoms with Crippen molar-refractivity contribution >= 4 is 29.2 Å². The van der Waals surface area contributed by atoms with Crippen molar-refractivity contribution in [3.8, 4) is 0 Å². The van der Waals surface area contributed by atoms with Gasteiger partial charge in [0.1, 0.15) is 16.9 Å². The molecule has 0 spiro atoms. The Morgan fingerprint density at radius 3 is 2.65 bits per heavy atom. The van der Waals surface area contributed by atoms with Gasteiger partial charge in [-0.3, -0.25) is 14.9 Å². The topological polar surface area (TPSA) is 122 Å². The Morgan fingerprint density at radius 2 is 2.20 bits per heavy atom. The van der Waals surface area contributed by atoms with Gasteiger partial charge in [-0.1, -0.05) is 18.5 Å². The number of nitrogens with zero attached hydrogens (tertiary/aromatic N) is 2. The van der Waals surface area contributed by atoms with Crippen LogP contribution in [0.1, 0.15) is 30.6 Å². The van der Waals surface area contributed by atoms with Gasteiger partial charge >= 0.3 is 5.97 Å². The number of carboxylic acid groups (broad SMARTS) is 1. The second-order valence-electron chi connectivity index (χ2n) is 4.23. The molecule has 0 radical (unpaired) electrons. The van der Waals surface area contributed by atoms with Crippen LogP contribution in [0, 0.1) is 10.1 Å². The number of rotatable bonds is 5.